The van der Waals surface area contributed by atoms with Crippen molar-refractivity contribution < 1.29 is 20.1 Å². The lowest BCUT2D eigenvalue weighted by molar-refractivity contribution is -0.231. The van der Waals surface area contributed by atoms with Crippen molar-refractivity contribution in [3.63, 3.8) is 0 Å². The number of amides is 2. The van der Waals surface area contributed by atoms with E-state index in [1.54, 1.807) is 0 Å². The Morgan fingerprint density at radius 2 is 1.41 bits per heavy atom. The number of carbonyl (C=O) groups is 1. The number of hydrogen-bond donors (Lipinski definition) is 5. The molecule has 0 heterocycles. The van der Waals surface area contributed by atoms with Crippen LogP contribution in [0.2, 0.25) is 0 Å². The first kappa shape index (κ1) is 21.1. The van der Waals surface area contributed by atoms with Gasteiger partial charge in [0, 0.05) is 6.54 Å². The van der Waals surface area contributed by atoms with Crippen molar-refractivity contribution >= 4 is 6.03 Å². The van der Waals surface area contributed by atoms with Crippen LogP contribution in [-0.4, -0.2) is 39.9 Å². The van der Waals surface area contributed by atoms with Crippen molar-refractivity contribution in [2.75, 3.05) is 6.54 Å². The number of aliphatic hydroxyl groups excluding tert-OH is 1. The molecule has 132 valence electrons. The molecule has 0 saturated heterocycles. The highest BCUT2D eigenvalue weighted by Gasteiger charge is 2.31. The van der Waals surface area contributed by atoms with Crippen molar-refractivity contribution in [3.8, 4) is 0 Å². The van der Waals surface area contributed by atoms with Gasteiger partial charge in [0.25, 0.3) is 5.91 Å². The number of aliphatic hydroxyl groups is 3. The predicted molar refractivity (Wildman–Crippen MR) is 87.2 cm³/mol. The molecule has 0 saturated carbocycles. The SMILES string of the molecule is CCCCCCCCCCCCNC(=O)NC(O)(O)C(C)O. The summed E-state index contributed by atoms with van der Waals surface area (Å²) in [6.07, 6.45) is 10.7. The molecule has 1 unspecified atom stereocenters. The minimum Gasteiger partial charge on any atom is -0.386 e. The van der Waals surface area contributed by atoms with Gasteiger partial charge in [0.1, 0.15) is 6.10 Å². The summed E-state index contributed by atoms with van der Waals surface area (Å²) in [5, 5.41) is 32.0. The Morgan fingerprint density at radius 3 is 1.86 bits per heavy atom. The fourth-order valence-electron chi connectivity index (χ4n) is 2.13. The van der Waals surface area contributed by atoms with Gasteiger partial charge < -0.3 is 20.6 Å². The second kappa shape index (κ2) is 12.7. The van der Waals surface area contributed by atoms with E-state index in [1.807, 2.05) is 5.32 Å². The largest absolute Gasteiger partial charge is 0.386 e. The van der Waals surface area contributed by atoms with Crippen LogP contribution in [0.5, 0.6) is 0 Å². The molecule has 0 aromatic carbocycles. The quantitative estimate of drug-likeness (QED) is 0.265. The highest BCUT2D eigenvalue weighted by molar-refractivity contribution is 5.74. The summed E-state index contributed by atoms with van der Waals surface area (Å²) in [5.74, 6) is -2.60. The van der Waals surface area contributed by atoms with Gasteiger partial charge in [0.05, 0.1) is 0 Å². The van der Waals surface area contributed by atoms with E-state index in [0.717, 1.165) is 19.3 Å². The Hall–Kier alpha value is -0.850. The van der Waals surface area contributed by atoms with Crippen LogP contribution in [-0.2, 0) is 0 Å². The molecule has 6 nitrogen and oxygen atoms in total. The Balaban J connectivity index is 3.37. The molecule has 2 amide bonds. The third-order valence-electron chi connectivity index (χ3n) is 3.70. The van der Waals surface area contributed by atoms with Crippen molar-refractivity contribution in [2.24, 2.45) is 0 Å². The normalized spacial score (nSPS) is 13.0. The van der Waals surface area contributed by atoms with E-state index in [4.69, 9.17) is 5.11 Å². The second-order valence-electron chi connectivity index (χ2n) is 5.96. The monoisotopic (exact) mass is 318 g/mol. The summed E-state index contributed by atoms with van der Waals surface area (Å²) < 4.78 is 0. The smallest absolute Gasteiger partial charge is 0.318 e. The number of carbonyl (C=O) groups excluding carboxylic acids is 1. The Kier molecular flexibility index (Phi) is 12.2. The molecule has 6 heteroatoms. The molecule has 0 aliphatic heterocycles. The summed E-state index contributed by atoms with van der Waals surface area (Å²) in [7, 11) is 0. The van der Waals surface area contributed by atoms with Gasteiger partial charge in [-0.2, -0.15) is 0 Å². The molecule has 0 rings (SSSR count). The lowest BCUT2D eigenvalue weighted by Gasteiger charge is -2.25. The summed E-state index contributed by atoms with van der Waals surface area (Å²) in [6.45, 7) is 3.89. The van der Waals surface area contributed by atoms with Crippen LogP contribution >= 0.6 is 0 Å². The van der Waals surface area contributed by atoms with Crippen LogP contribution in [0.3, 0.4) is 0 Å². The topological polar surface area (TPSA) is 102 Å². The van der Waals surface area contributed by atoms with Crippen LogP contribution in [0.1, 0.15) is 78.1 Å². The highest BCUT2D eigenvalue weighted by Crippen LogP contribution is 2.10. The van der Waals surface area contributed by atoms with E-state index in [1.165, 1.54) is 51.9 Å². The molecular formula is C16H34N2O4. The van der Waals surface area contributed by atoms with Gasteiger partial charge in [0.15, 0.2) is 0 Å². The second-order valence-corrected chi connectivity index (χ2v) is 5.96. The summed E-state index contributed by atoms with van der Waals surface area (Å²) in [6, 6.07) is -0.693. The maximum absolute atomic E-state index is 11.4. The lowest BCUT2D eigenvalue weighted by atomic mass is 10.1. The first-order chi connectivity index (χ1) is 10.4. The first-order valence-electron chi connectivity index (χ1n) is 8.59. The van der Waals surface area contributed by atoms with E-state index in [-0.39, 0.29) is 0 Å². The van der Waals surface area contributed by atoms with Crippen LogP contribution in [0.15, 0.2) is 0 Å². The van der Waals surface area contributed by atoms with Crippen molar-refractivity contribution in [1.29, 1.82) is 0 Å². The Morgan fingerprint density at radius 1 is 0.955 bits per heavy atom. The van der Waals surface area contributed by atoms with Crippen LogP contribution in [0.4, 0.5) is 4.79 Å². The third kappa shape index (κ3) is 11.8. The molecule has 0 aromatic heterocycles. The average Bonchev–Trinajstić information content (AvgIpc) is 2.44. The molecule has 0 aromatic rings. The number of nitrogens with one attached hydrogen (secondary N) is 2. The van der Waals surface area contributed by atoms with E-state index in [2.05, 4.69) is 12.2 Å². The molecule has 0 aliphatic rings. The number of unbranched alkanes of at least 4 members (excludes halogenated alkanes) is 9. The van der Waals surface area contributed by atoms with Crippen LogP contribution in [0.25, 0.3) is 0 Å². The molecule has 0 aliphatic carbocycles. The maximum atomic E-state index is 11.4. The van der Waals surface area contributed by atoms with E-state index < -0.39 is 18.0 Å². The van der Waals surface area contributed by atoms with Gasteiger partial charge in [-0.1, -0.05) is 64.7 Å². The van der Waals surface area contributed by atoms with Crippen molar-refractivity contribution in [1.82, 2.24) is 10.6 Å². The fourth-order valence-corrected chi connectivity index (χ4v) is 2.13. The molecule has 0 bridgehead atoms. The minimum absolute atomic E-state index is 0.484. The van der Waals surface area contributed by atoms with E-state index in [0.29, 0.717) is 6.54 Å². The standard InChI is InChI=1S/C16H34N2O4/c1-3-4-5-6-7-8-9-10-11-12-13-17-15(20)18-16(21,22)14(2)19/h14,19,21-22H,3-13H2,1-2H3,(H2,17,18,20). The number of hydrogen-bond acceptors (Lipinski definition) is 4. The lowest BCUT2D eigenvalue weighted by Crippen LogP contribution is -2.58. The number of rotatable bonds is 13. The zero-order chi connectivity index (χ0) is 16.8. The third-order valence-corrected chi connectivity index (χ3v) is 3.70. The van der Waals surface area contributed by atoms with Gasteiger partial charge in [-0.15, -0.1) is 0 Å². The number of urea groups is 1. The summed E-state index contributed by atoms with van der Waals surface area (Å²) in [4.78, 5) is 11.4. The maximum Gasteiger partial charge on any atom is 0.318 e. The fraction of sp³-hybridized carbons (Fsp3) is 0.938. The summed E-state index contributed by atoms with van der Waals surface area (Å²) in [5.41, 5.74) is 0. The highest BCUT2D eigenvalue weighted by atomic mass is 16.5. The average molecular weight is 318 g/mol. The molecular weight excluding hydrogens is 284 g/mol. The molecule has 22 heavy (non-hydrogen) atoms. The van der Waals surface area contributed by atoms with Crippen molar-refractivity contribution in [2.45, 2.75) is 90.1 Å². The molecule has 1 atom stereocenters. The van der Waals surface area contributed by atoms with Gasteiger partial charge in [-0.3, -0.25) is 5.32 Å². The van der Waals surface area contributed by atoms with Crippen LogP contribution in [0, 0.1) is 0 Å². The Bertz CT molecular complexity index is 283. The van der Waals surface area contributed by atoms with Gasteiger partial charge >= 0.3 is 6.03 Å². The Labute approximate surface area is 134 Å². The zero-order valence-corrected chi connectivity index (χ0v) is 14.1. The molecule has 0 radical (unpaired) electrons. The van der Waals surface area contributed by atoms with E-state index in [9.17, 15) is 15.0 Å². The first-order valence-corrected chi connectivity index (χ1v) is 8.59. The molecule has 0 fully saturated rings. The summed E-state index contributed by atoms with van der Waals surface area (Å²) >= 11 is 0. The molecule has 0 spiro atoms. The van der Waals surface area contributed by atoms with Gasteiger partial charge in [-0.05, 0) is 13.3 Å². The van der Waals surface area contributed by atoms with Crippen LogP contribution < -0.4 is 10.6 Å². The predicted octanol–water partition coefficient (Wildman–Crippen LogP) is 2.23. The van der Waals surface area contributed by atoms with Gasteiger partial charge in [0.2, 0.25) is 0 Å². The van der Waals surface area contributed by atoms with Gasteiger partial charge in [-0.25, -0.2) is 4.79 Å². The van der Waals surface area contributed by atoms with E-state index >= 15 is 0 Å². The molecule has 5 N–H and O–H groups in total. The minimum atomic E-state index is -2.60. The zero-order valence-electron chi connectivity index (χ0n) is 14.1. The van der Waals surface area contributed by atoms with Crippen molar-refractivity contribution in [3.05, 3.63) is 0 Å².